The van der Waals surface area contributed by atoms with E-state index in [1.54, 1.807) is 0 Å². The summed E-state index contributed by atoms with van der Waals surface area (Å²) in [7, 11) is 2.15. The van der Waals surface area contributed by atoms with Crippen LogP contribution >= 0.6 is 0 Å². The van der Waals surface area contributed by atoms with Gasteiger partial charge in [0.15, 0.2) is 0 Å². The zero-order valence-corrected chi connectivity index (χ0v) is 12.8. The van der Waals surface area contributed by atoms with E-state index < -0.39 is 0 Å². The summed E-state index contributed by atoms with van der Waals surface area (Å²) in [6.45, 7) is 0. The van der Waals surface area contributed by atoms with Crippen LogP contribution in [0.4, 0.5) is 5.69 Å². The second-order valence-electron chi connectivity index (χ2n) is 5.82. The summed E-state index contributed by atoms with van der Waals surface area (Å²) in [6, 6.07) is 14.7. The molecule has 1 aliphatic rings. The summed E-state index contributed by atoms with van der Waals surface area (Å²) in [5.74, 6) is 0. The van der Waals surface area contributed by atoms with Crippen LogP contribution in [-0.4, -0.2) is 7.05 Å². The van der Waals surface area contributed by atoms with E-state index in [1.165, 1.54) is 35.0 Å². The Morgan fingerprint density at radius 2 is 1.86 bits per heavy atom. The number of fused-ring (bicyclic) bond motifs is 3. The van der Waals surface area contributed by atoms with Gasteiger partial charge in [0, 0.05) is 29.2 Å². The van der Waals surface area contributed by atoms with E-state index in [1.807, 2.05) is 12.1 Å². The van der Waals surface area contributed by atoms with Gasteiger partial charge in [-0.2, -0.15) is 0 Å². The van der Waals surface area contributed by atoms with Crippen molar-refractivity contribution in [2.45, 2.75) is 19.3 Å². The average molecular weight is 289 g/mol. The molecular weight excluding hydrogens is 270 g/mol. The van der Waals surface area contributed by atoms with Crippen molar-refractivity contribution in [1.82, 2.24) is 0 Å². The van der Waals surface area contributed by atoms with E-state index in [0.29, 0.717) is 0 Å². The number of hydrogen-bond acceptors (Lipinski definition) is 2. The van der Waals surface area contributed by atoms with Gasteiger partial charge in [-0.15, -0.1) is 0 Å². The summed E-state index contributed by atoms with van der Waals surface area (Å²) in [5.41, 5.74) is 4.48. The molecule has 0 saturated heterocycles. The third-order valence-corrected chi connectivity index (χ3v) is 4.41. The number of allylic oxidation sites excluding steroid dienone is 4. The molecule has 4 rings (SSSR count). The molecule has 0 unspecified atom stereocenters. The van der Waals surface area contributed by atoms with E-state index in [0.717, 1.165) is 17.6 Å². The van der Waals surface area contributed by atoms with E-state index >= 15 is 0 Å². The van der Waals surface area contributed by atoms with Gasteiger partial charge in [-0.3, -0.25) is 0 Å². The third kappa shape index (κ3) is 2.21. The maximum atomic E-state index is 5.91. The predicted octanol–water partition coefficient (Wildman–Crippen LogP) is 5.65. The largest absolute Gasteiger partial charge is 0.456 e. The second kappa shape index (κ2) is 5.38. The Kier molecular flexibility index (Phi) is 3.23. The third-order valence-electron chi connectivity index (χ3n) is 4.41. The number of anilines is 1. The standard InChI is InChI=1S/C20H19NO/c1-21(15-8-4-2-3-5-9-15)16-12-13-20-18(14-16)17-10-6-7-11-19(17)22-20/h2,4,6-8,10-14H,3,5,9H2,1H3. The quantitative estimate of drug-likeness (QED) is 0.606. The fraction of sp³-hybridized carbons (Fsp3) is 0.200. The molecule has 1 aromatic heterocycles. The summed E-state index contributed by atoms with van der Waals surface area (Å²) in [4.78, 5) is 2.29. The van der Waals surface area contributed by atoms with Gasteiger partial charge in [0.2, 0.25) is 0 Å². The summed E-state index contributed by atoms with van der Waals surface area (Å²) < 4.78 is 5.91. The number of rotatable bonds is 2. The molecule has 1 aliphatic carbocycles. The summed E-state index contributed by atoms with van der Waals surface area (Å²) >= 11 is 0. The van der Waals surface area contributed by atoms with Crippen LogP contribution in [0.25, 0.3) is 21.9 Å². The van der Waals surface area contributed by atoms with Gasteiger partial charge in [-0.25, -0.2) is 0 Å². The van der Waals surface area contributed by atoms with Crippen LogP contribution in [0, 0.1) is 0 Å². The summed E-state index contributed by atoms with van der Waals surface area (Å²) in [6.07, 6.45) is 10.1. The molecule has 2 heteroatoms. The Hall–Kier alpha value is -2.48. The average Bonchev–Trinajstić information content (AvgIpc) is 2.73. The normalized spacial score (nSPS) is 15.0. The molecule has 0 bridgehead atoms. The molecule has 0 N–H and O–H groups in total. The Morgan fingerprint density at radius 1 is 1.00 bits per heavy atom. The van der Waals surface area contributed by atoms with E-state index in [4.69, 9.17) is 4.42 Å². The molecule has 2 aromatic carbocycles. The lowest BCUT2D eigenvalue weighted by atomic mass is 10.1. The lowest BCUT2D eigenvalue weighted by Crippen LogP contribution is -2.16. The molecule has 0 saturated carbocycles. The molecule has 0 radical (unpaired) electrons. The van der Waals surface area contributed by atoms with Gasteiger partial charge in [0.1, 0.15) is 11.2 Å². The number of benzene rings is 2. The van der Waals surface area contributed by atoms with Crippen LogP contribution in [0.5, 0.6) is 0 Å². The van der Waals surface area contributed by atoms with Crippen LogP contribution in [0.1, 0.15) is 19.3 Å². The van der Waals surface area contributed by atoms with Gasteiger partial charge in [0.05, 0.1) is 0 Å². The van der Waals surface area contributed by atoms with Crippen LogP contribution in [0.15, 0.2) is 70.8 Å². The SMILES string of the molecule is CN(C1=CC=CCCC1)c1ccc2oc3ccccc3c2c1. The number of hydrogen-bond donors (Lipinski definition) is 0. The highest BCUT2D eigenvalue weighted by atomic mass is 16.3. The minimum absolute atomic E-state index is 0.952. The molecule has 0 amide bonds. The van der Waals surface area contributed by atoms with Crippen molar-refractivity contribution in [2.24, 2.45) is 0 Å². The first kappa shape index (κ1) is 13.2. The van der Waals surface area contributed by atoms with Crippen molar-refractivity contribution in [3.8, 4) is 0 Å². The second-order valence-corrected chi connectivity index (χ2v) is 5.82. The highest BCUT2D eigenvalue weighted by Crippen LogP contribution is 2.32. The number of nitrogens with zero attached hydrogens (tertiary/aromatic N) is 1. The zero-order chi connectivity index (χ0) is 14.9. The molecule has 0 fully saturated rings. The van der Waals surface area contributed by atoms with Crippen molar-refractivity contribution >= 4 is 27.6 Å². The Labute approximate surface area is 130 Å². The van der Waals surface area contributed by atoms with Crippen molar-refractivity contribution in [3.05, 3.63) is 66.4 Å². The first-order valence-corrected chi connectivity index (χ1v) is 7.84. The van der Waals surface area contributed by atoms with Crippen LogP contribution in [0.2, 0.25) is 0 Å². The van der Waals surface area contributed by atoms with Crippen molar-refractivity contribution in [3.63, 3.8) is 0 Å². The van der Waals surface area contributed by atoms with E-state index in [-0.39, 0.29) is 0 Å². The molecule has 1 heterocycles. The lowest BCUT2D eigenvalue weighted by molar-refractivity contribution is 0.669. The Bertz CT molecular complexity index is 885. The zero-order valence-electron chi connectivity index (χ0n) is 12.8. The number of furan rings is 1. The summed E-state index contributed by atoms with van der Waals surface area (Å²) in [5, 5.41) is 2.37. The molecule has 0 aliphatic heterocycles. The van der Waals surface area contributed by atoms with Gasteiger partial charge >= 0.3 is 0 Å². The van der Waals surface area contributed by atoms with E-state index in [2.05, 4.69) is 60.5 Å². The van der Waals surface area contributed by atoms with Gasteiger partial charge in [0.25, 0.3) is 0 Å². The smallest absolute Gasteiger partial charge is 0.135 e. The fourth-order valence-corrected chi connectivity index (χ4v) is 3.13. The van der Waals surface area contributed by atoms with Crippen molar-refractivity contribution in [2.75, 3.05) is 11.9 Å². The Balaban J connectivity index is 1.80. The first-order valence-electron chi connectivity index (χ1n) is 7.84. The highest BCUT2D eigenvalue weighted by molar-refractivity contribution is 6.06. The van der Waals surface area contributed by atoms with Gasteiger partial charge in [-0.1, -0.05) is 30.4 Å². The molecular formula is C20H19NO. The molecule has 3 aromatic rings. The molecule has 22 heavy (non-hydrogen) atoms. The lowest BCUT2D eigenvalue weighted by Gasteiger charge is -2.22. The predicted molar refractivity (Wildman–Crippen MR) is 93.2 cm³/mol. The van der Waals surface area contributed by atoms with Crippen LogP contribution in [-0.2, 0) is 0 Å². The van der Waals surface area contributed by atoms with Crippen molar-refractivity contribution in [1.29, 1.82) is 0 Å². The van der Waals surface area contributed by atoms with Gasteiger partial charge in [-0.05, 0) is 49.6 Å². The molecule has 0 spiro atoms. The Morgan fingerprint density at radius 3 is 2.82 bits per heavy atom. The minimum Gasteiger partial charge on any atom is -0.456 e. The topological polar surface area (TPSA) is 16.4 Å². The monoisotopic (exact) mass is 289 g/mol. The van der Waals surface area contributed by atoms with Crippen LogP contribution < -0.4 is 4.90 Å². The molecule has 0 atom stereocenters. The maximum absolute atomic E-state index is 5.91. The first-order chi connectivity index (χ1) is 10.8. The molecule has 110 valence electrons. The number of para-hydroxylation sites is 1. The van der Waals surface area contributed by atoms with Gasteiger partial charge < -0.3 is 9.32 Å². The highest BCUT2D eigenvalue weighted by Gasteiger charge is 2.11. The minimum atomic E-state index is 0.952. The maximum Gasteiger partial charge on any atom is 0.135 e. The van der Waals surface area contributed by atoms with Crippen LogP contribution in [0.3, 0.4) is 0 Å². The van der Waals surface area contributed by atoms with E-state index in [9.17, 15) is 0 Å². The van der Waals surface area contributed by atoms with Crippen molar-refractivity contribution < 1.29 is 4.42 Å². The molecule has 2 nitrogen and oxygen atoms in total. The fourth-order valence-electron chi connectivity index (χ4n) is 3.13.